The Labute approximate surface area is 103 Å². The summed E-state index contributed by atoms with van der Waals surface area (Å²) in [4.78, 5) is 24.5. The smallest absolute Gasteiger partial charge is 0.406 e. The van der Waals surface area contributed by atoms with E-state index in [1.807, 2.05) is 5.43 Å². The van der Waals surface area contributed by atoms with Gasteiger partial charge in [-0.05, 0) is 34.9 Å². The van der Waals surface area contributed by atoms with Gasteiger partial charge in [-0.25, -0.2) is 5.84 Å². The summed E-state index contributed by atoms with van der Waals surface area (Å²) in [6.45, 7) is 0.282. The Balaban J connectivity index is 2.35. The number of pyridine rings is 1. The minimum Gasteiger partial charge on any atom is -0.486 e. The van der Waals surface area contributed by atoms with Crippen molar-refractivity contribution in [1.29, 1.82) is 0 Å². The van der Waals surface area contributed by atoms with Gasteiger partial charge in [-0.2, -0.15) is 0 Å². The first kappa shape index (κ1) is 13.8. The minimum absolute atomic E-state index is 0.130. The highest BCUT2D eigenvalue weighted by atomic mass is 16.6. The lowest BCUT2D eigenvalue weighted by molar-refractivity contribution is -0.390. The third kappa shape index (κ3) is 4.34. The van der Waals surface area contributed by atoms with Gasteiger partial charge in [0.05, 0.1) is 6.61 Å². The molecule has 3 N–H and O–H groups in total. The highest BCUT2D eigenvalue weighted by Gasteiger charge is 2.14. The predicted molar refractivity (Wildman–Crippen MR) is 62.6 cm³/mol. The van der Waals surface area contributed by atoms with Crippen molar-refractivity contribution in [3.8, 4) is 5.75 Å². The van der Waals surface area contributed by atoms with Crippen LogP contribution in [0, 0.1) is 10.1 Å². The first-order valence-electron chi connectivity index (χ1n) is 5.37. The molecule has 0 bridgehead atoms. The van der Waals surface area contributed by atoms with Gasteiger partial charge < -0.3 is 14.9 Å². The number of nitrogens with zero attached hydrogens (tertiary/aromatic N) is 2. The standard InChI is InChI=1S/C10H14N4O4/c11-13-9(15)5-1-2-7-18-8-4-3-6-12-10(8)14(16)17/h3-4,6H,1-2,5,7,11H2,(H,13,15). The Morgan fingerprint density at radius 2 is 2.33 bits per heavy atom. The van der Waals surface area contributed by atoms with Gasteiger partial charge >= 0.3 is 5.82 Å². The summed E-state index contributed by atoms with van der Waals surface area (Å²) in [7, 11) is 0. The third-order valence-electron chi connectivity index (χ3n) is 2.14. The Bertz CT molecular complexity index is 424. The topological polar surface area (TPSA) is 120 Å². The summed E-state index contributed by atoms with van der Waals surface area (Å²) >= 11 is 0. The molecule has 0 unspecified atom stereocenters. The van der Waals surface area contributed by atoms with Crippen molar-refractivity contribution in [3.05, 3.63) is 28.4 Å². The molecule has 8 nitrogen and oxygen atoms in total. The zero-order valence-corrected chi connectivity index (χ0v) is 9.67. The molecule has 1 aromatic rings. The molecule has 0 spiro atoms. The first-order valence-corrected chi connectivity index (χ1v) is 5.37. The Morgan fingerprint density at radius 1 is 1.56 bits per heavy atom. The van der Waals surface area contributed by atoms with Crippen LogP contribution in [0.5, 0.6) is 5.75 Å². The number of ether oxygens (including phenoxy) is 1. The third-order valence-corrected chi connectivity index (χ3v) is 2.14. The summed E-state index contributed by atoms with van der Waals surface area (Å²) in [5, 5.41) is 10.6. The van der Waals surface area contributed by atoms with Crippen LogP contribution < -0.4 is 16.0 Å². The lowest BCUT2D eigenvalue weighted by Crippen LogP contribution is -2.29. The number of hydrogen-bond acceptors (Lipinski definition) is 6. The van der Waals surface area contributed by atoms with E-state index in [1.165, 1.54) is 12.3 Å². The maximum absolute atomic E-state index is 10.8. The van der Waals surface area contributed by atoms with Crippen molar-refractivity contribution in [3.63, 3.8) is 0 Å². The average Bonchev–Trinajstić information content (AvgIpc) is 2.38. The van der Waals surface area contributed by atoms with Crippen molar-refractivity contribution in [2.75, 3.05) is 6.61 Å². The molecule has 98 valence electrons. The molecule has 0 aliphatic carbocycles. The van der Waals surface area contributed by atoms with Crippen LogP contribution in [0.25, 0.3) is 0 Å². The van der Waals surface area contributed by atoms with E-state index in [9.17, 15) is 14.9 Å². The van der Waals surface area contributed by atoms with Crippen molar-refractivity contribution in [1.82, 2.24) is 10.4 Å². The van der Waals surface area contributed by atoms with Gasteiger partial charge in [0, 0.05) is 6.42 Å². The second kappa shape index (κ2) is 7.17. The number of nitro groups is 1. The number of unbranched alkanes of at least 4 members (excludes halogenated alkanes) is 1. The monoisotopic (exact) mass is 254 g/mol. The van der Waals surface area contributed by atoms with Crippen LogP contribution in [0.3, 0.4) is 0 Å². The summed E-state index contributed by atoms with van der Waals surface area (Å²) in [5.41, 5.74) is 2.02. The highest BCUT2D eigenvalue weighted by molar-refractivity contribution is 5.75. The number of carbonyl (C=O) groups excluding carboxylic acids is 1. The molecule has 18 heavy (non-hydrogen) atoms. The molecule has 0 fully saturated rings. The maximum Gasteiger partial charge on any atom is 0.406 e. The molecule has 0 aliphatic heterocycles. The summed E-state index contributed by atoms with van der Waals surface area (Å²) in [6.07, 6.45) is 2.82. The molecule has 8 heteroatoms. The average molecular weight is 254 g/mol. The summed E-state index contributed by atoms with van der Waals surface area (Å²) in [6, 6.07) is 3.04. The predicted octanol–water partition coefficient (Wildman–Crippen LogP) is 0.529. The lowest BCUT2D eigenvalue weighted by Gasteiger charge is -2.05. The van der Waals surface area contributed by atoms with E-state index in [2.05, 4.69) is 4.98 Å². The number of hydrazine groups is 1. The molecule has 1 heterocycles. The zero-order valence-electron chi connectivity index (χ0n) is 9.67. The fourth-order valence-corrected chi connectivity index (χ4v) is 1.27. The number of rotatable bonds is 7. The van der Waals surface area contributed by atoms with Gasteiger partial charge in [0.15, 0.2) is 0 Å². The van der Waals surface area contributed by atoms with E-state index in [4.69, 9.17) is 10.6 Å². The van der Waals surface area contributed by atoms with Crippen LogP contribution in [0.2, 0.25) is 0 Å². The number of carbonyl (C=O) groups is 1. The SMILES string of the molecule is NNC(=O)CCCCOc1cccnc1[N+](=O)[O-]. The quantitative estimate of drug-likeness (QED) is 0.241. The highest BCUT2D eigenvalue weighted by Crippen LogP contribution is 2.22. The molecule has 0 aliphatic rings. The van der Waals surface area contributed by atoms with E-state index >= 15 is 0 Å². The molecule has 0 saturated carbocycles. The number of hydrogen-bond donors (Lipinski definition) is 2. The second-order valence-electron chi connectivity index (χ2n) is 3.46. The normalized spacial score (nSPS) is 9.83. The van der Waals surface area contributed by atoms with Crippen molar-refractivity contribution in [2.24, 2.45) is 5.84 Å². The van der Waals surface area contributed by atoms with E-state index < -0.39 is 4.92 Å². The minimum atomic E-state index is -0.600. The van der Waals surface area contributed by atoms with E-state index in [-0.39, 0.29) is 24.1 Å². The van der Waals surface area contributed by atoms with Crippen molar-refractivity contribution in [2.45, 2.75) is 19.3 Å². The van der Waals surface area contributed by atoms with Crippen LogP contribution in [-0.2, 0) is 4.79 Å². The van der Waals surface area contributed by atoms with Crippen LogP contribution >= 0.6 is 0 Å². The van der Waals surface area contributed by atoms with Crippen LogP contribution in [0.15, 0.2) is 18.3 Å². The fraction of sp³-hybridized carbons (Fsp3) is 0.400. The first-order chi connectivity index (χ1) is 8.65. The van der Waals surface area contributed by atoms with Crippen LogP contribution in [-0.4, -0.2) is 22.4 Å². The van der Waals surface area contributed by atoms with Gasteiger partial charge in [-0.3, -0.25) is 10.2 Å². The summed E-state index contributed by atoms with van der Waals surface area (Å²) in [5.74, 6) is 4.49. The summed E-state index contributed by atoms with van der Waals surface area (Å²) < 4.78 is 5.25. The van der Waals surface area contributed by atoms with Crippen molar-refractivity contribution >= 4 is 11.7 Å². The Hall–Kier alpha value is -2.22. The molecule has 1 rings (SSSR count). The molecule has 0 saturated heterocycles. The van der Waals surface area contributed by atoms with Crippen molar-refractivity contribution < 1.29 is 14.5 Å². The molecular weight excluding hydrogens is 240 g/mol. The molecule has 0 atom stereocenters. The Kier molecular flexibility index (Phi) is 5.52. The van der Waals surface area contributed by atoms with E-state index in [1.54, 1.807) is 6.07 Å². The number of amides is 1. The number of nitrogens with one attached hydrogen (secondary N) is 1. The van der Waals surface area contributed by atoms with Crippen LogP contribution in [0.4, 0.5) is 5.82 Å². The molecular formula is C10H14N4O4. The van der Waals surface area contributed by atoms with E-state index in [0.717, 1.165) is 0 Å². The molecule has 1 amide bonds. The van der Waals surface area contributed by atoms with E-state index in [0.29, 0.717) is 19.3 Å². The van der Waals surface area contributed by atoms with Gasteiger partial charge in [0.1, 0.15) is 6.20 Å². The van der Waals surface area contributed by atoms with Gasteiger partial charge in [-0.15, -0.1) is 0 Å². The van der Waals surface area contributed by atoms with Gasteiger partial charge in [0.2, 0.25) is 11.7 Å². The molecule has 0 aromatic carbocycles. The largest absolute Gasteiger partial charge is 0.486 e. The fourth-order valence-electron chi connectivity index (χ4n) is 1.27. The maximum atomic E-state index is 10.8. The number of aromatic nitrogens is 1. The molecule has 1 aromatic heterocycles. The Morgan fingerprint density at radius 3 is 3.00 bits per heavy atom. The van der Waals surface area contributed by atoms with Gasteiger partial charge in [0.25, 0.3) is 0 Å². The molecule has 0 radical (unpaired) electrons. The number of nitrogens with two attached hydrogens (primary N) is 1. The zero-order chi connectivity index (χ0) is 13.4. The van der Waals surface area contributed by atoms with Gasteiger partial charge in [-0.1, -0.05) is 0 Å². The lowest BCUT2D eigenvalue weighted by atomic mass is 10.2. The van der Waals surface area contributed by atoms with Crippen LogP contribution in [0.1, 0.15) is 19.3 Å². The second-order valence-corrected chi connectivity index (χ2v) is 3.46.